The predicted molar refractivity (Wildman–Crippen MR) is 113 cm³/mol. The number of rotatable bonds is 7. The van der Waals surface area contributed by atoms with E-state index in [0.717, 1.165) is 32.5 Å². The maximum Gasteiger partial charge on any atom is 0.222 e. The van der Waals surface area contributed by atoms with E-state index in [-0.39, 0.29) is 5.91 Å². The molecule has 0 spiro atoms. The number of nitrogens with zero attached hydrogens (tertiary/aromatic N) is 1. The summed E-state index contributed by atoms with van der Waals surface area (Å²) in [6, 6.07) is 15.2. The number of thiol groups is 1. The van der Waals surface area contributed by atoms with E-state index in [4.69, 9.17) is 0 Å². The summed E-state index contributed by atoms with van der Waals surface area (Å²) in [4.78, 5) is 14.9. The van der Waals surface area contributed by atoms with Crippen LogP contribution in [-0.2, 0) is 11.2 Å². The van der Waals surface area contributed by atoms with Gasteiger partial charge >= 0.3 is 0 Å². The van der Waals surface area contributed by atoms with Crippen molar-refractivity contribution < 1.29 is 4.79 Å². The van der Waals surface area contributed by atoms with Gasteiger partial charge in [0.05, 0.1) is 0 Å². The molecule has 0 aromatic heterocycles. The fraction of sp³-hybridized carbons (Fsp3) is 0.500. The molecule has 140 valence electrons. The second-order valence-corrected chi connectivity index (χ2v) is 8.41. The third-order valence-corrected chi connectivity index (χ3v) is 5.81. The highest BCUT2D eigenvalue weighted by Crippen LogP contribution is 2.20. The Bertz CT molecular complexity index is 741. The van der Waals surface area contributed by atoms with Crippen LogP contribution >= 0.6 is 12.6 Å². The topological polar surface area (TPSA) is 32.3 Å². The van der Waals surface area contributed by atoms with Crippen LogP contribution in [0, 0.1) is 5.92 Å². The number of nitrogens with one attached hydrogen (secondary N) is 1. The molecular formula is C22H30N2OS. The zero-order valence-electron chi connectivity index (χ0n) is 15.8. The third-order valence-electron chi connectivity index (χ3n) is 5.19. The minimum absolute atomic E-state index is 0.259. The van der Waals surface area contributed by atoms with Crippen LogP contribution in [0.25, 0.3) is 10.8 Å². The van der Waals surface area contributed by atoms with Gasteiger partial charge in [0.1, 0.15) is 0 Å². The van der Waals surface area contributed by atoms with E-state index >= 15 is 0 Å². The van der Waals surface area contributed by atoms with Gasteiger partial charge < -0.3 is 10.2 Å². The van der Waals surface area contributed by atoms with Gasteiger partial charge in [0, 0.05) is 30.8 Å². The SMILES string of the molecule is CC(C)CC(=O)N(CCc1cccc2ccccc12)CC1NCCC1S. The molecule has 3 nitrogen and oxygen atoms in total. The van der Waals surface area contributed by atoms with E-state index in [2.05, 4.69) is 74.3 Å². The zero-order chi connectivity index (χ0) is 18.5. The van der Waals surface area contributed by atoms with Crippen LogP contribution in [-0.4, -0.2) is 41.7 Å². The Morgan fingerprint density at radius 3 is 2.73 bits per heavy atom. The first-order chi connectivity index (χ1) is 12.5. The molecule has 4 heteroatoms. The Morgan fingerprint density at radius 1 is 1.23 bits per heavy atom. The molecule has 1 fully saturated rings. The predicted octanol–water partition coefficient (Wildman–Crippen LogP) is 3.92. The van der Waals surface area contributed by atoms with Gasteiger partial charge in [-0.15, -0.1) is 0 Å². The summed E-state index contributed by atoms with van der Waals surface area (Å²) >= 11 is 4.69. The van der Waals surface area contributed by atoms with Crippen molar-refractivity contribution in [3.05, 3.63) is 48.0 Å². The second-order valence-electron chi connectivity index (χ2n) is 7.74. The average Bonchev–Trinajstić information content (AvgIpc) is 3.02. The Balaban J connectivity index is 1.72. The molecular weight excluding hydrogens is 340 g/mol. The lowest BCUT2D eigenvalue weighted by Crippen LogP contribution is -2.45. The Labute approximate surface area is 162 Å². The molecule has 2 atom stereocenters. The summed E-state index contributed by atoms with van der Waals surface area (Å²) in [7, 11) is 0. The summed E-state index contributed by atoms with van der Waals surface area (Å²) in [6.07, 6.45) is 2.57. The van der Waals surface area contributed by atoms with Gasteiger partial charge in [-0.05, 0) is 41.6 Å². The highest BCUT2D eigenvalue weighted by Gasteiger charge is 2.27. The van der Waals surface area contributed by atoms with Gasteiger partial charge in [-0.2, -0.15) is 12.6 Å². The van der Waals surface area contributed by atoms with Crippen LogP contribution < -0.4 is 5.32 Å². The van der Waals surface area contributed by atoms with Gasteiger partial charge in [0.15, 0.2) is 0 Å². The highest BCUT2D eigenvalue weighted by atomic mass is 32.1. The van der Waals surface area contributed by atoms with Gasteiger partial charge in [-0.3, -0.25) is 4.79 Å². The number of amides is 1. The Kier molecular flexibility index (Phi) is 6.60. The molecule has 1 heterocycles. The quantitative estimate of drug-likeness (QED) is 0.724. The molecule has 1 saturated heterocycles. The first-order valence-corrected chi connectivity index (χ1v) is 10.2. The summed E-state index contributed by atoms with van der Waals surface area (Å²) < 4.78 is 0. The molecule has 1 aliphatic heterocycles. The zero-order valence-corrected chi connectivity index (χ0v) is 16.7. The lowest BCUT2D eigenvalue weighted by Gasteiger charge is -2.28. The average molecular weight is 371 g/mol. The maximum absolute atomic E-state index is 12.8. The molecule has 2 unspecified atom stereocenters. The molecule has 2 aromatic carbocycles. The van der Waals surface area contributed by atoms with Crippen molar-refractivity contribution in [2.75, 3.05) is 19.6 Å². The van der Waals surface area contributed by atoms with Crippen LogP contribution in [0.15, 0.2) is 42.5 Å². The van der Waals surface area contributed by atoms with Gasteiger partial charge in [-0.1, -0.05) is 56.3 Å². The molecule has 0 saturated carbocycles. The monoisotopic (exact) mass is 370 g/mol. The van der Waals surface area contributed by atoms with Crippen molar-refractivity contribution in [2.24, 2.45) is 5.92 Å². The van der Waals surface area contributed by atoms with Gasteiger partial charge in [0.25, 0.3) is 0 Å². The van der Waals surface area contributed by atoms with Gasteiger partial charge in [0.2, 0.25) is 5.91 Å². The van der Waals surface area contributed by atoms with Gasteiger partial charge in [-0.25, -0.2) is 0 Å². The first-order valence-electron chi connectivity index (χ1n) is 9.70. The fourth-order valence-electron chi connectivity index (χ4n) is 3.74. The van der Waals surface area contributed by atoms with E-state index in [1.165, 1.54) is 16.3 Å². The van der Waals surface area contributed by atoms with Crippen LogP contribution in [0.4, 0.5) is 0 Å². The molecule has 0 aliphatic carbocycles. The lowest BCUT2D eigenvalue weighted by atomic mass is 10.0. The number of hydrogen-bond donors (Lipinski definition) is 2. The van der Waals surface area contributed by atoms with Crippen LogP contribution in [0.2, 0.25) is 0 Å². The molecule has 1 aliphatic rings. The molecule has 1 N–H and O–H groups in total. The van der Waals surface area contributed by atoms with Crippen LogP contribution in [0.3, 0.4) is 0 Å². The third kappa shape index (κ3) is 4.80. The number of carbonyl (C=O) groups excluding carboxylic acids is 1. The van der Waals surface area contributed by atoms with Crippen molar-refractivity contribution in [3.8, 4) is 0 Å². The number of hydrogen-bond acceptors (Lipinski definition) is 3. The van der Waals surface area contributed by atoms with E-state index in [1.54, 1.807) is 0 Å². The van der Waals surface area contributed by atoms with E-state index in [1.807, 2.05) is 4.90 Å². The van der Waals surface area contributed by atoms with Crippen LogP contribution in [0.5, 0.6) is 0 Å². The smallest absolute Gasteiger partial charge is 0.222 e. The second kappa shape index (κ2) is 8.92. The maximum atomic E-state index is 12.8. The highest BCUT2D eigenvalue weighted by molar-refractivity contribution is 7.81. The first kappa shape index (κ1) is 19.2. The number of fused-ring (bicyclic) bond motifs is 1. The van der Waals surface area contributed by atoms with Crippen molar-refractivity contribution in [1.82, 2.24) is 10.2 Å². The van der Waals surface area contributed by atoms with E-state index in [0.29, 0.717) is 23.6 Å². The summed E-state index contributed by atoms with van der Waals surface area (Å²) in [5, 5.41) is 6.39. The van der Waals surface area contributed by atoms with Crippen molar-refractivity contribution in [3.63, 3.8) is 0 Å². The van der Waals surface area contributed by atoms with Crippen molar-refractivity contribution in [2.45, 2.75) is 44.4 Å². The van der Waals surface area contributed by atoms with Crippen molar-refractivity contribution >= 4 is 29.3 Å². The van der Waals surface area contributed by atoms with Crippen LogP contribution in [0.1, 0.15) is 32.3 Å². The molecule has 3 rings (SSSR count). The fourth-order valence-corrected chi connectivity index (χ4v) is 4.07. The summed E-state index contributed by atoms with van der Waals surface area (Å²) in [5.41, 5.74) is 1.31. The normalized spacial score (nSPS) is 20.0. The molecule has 0 radical (unpaired) electrons. The summed E-state index contributed by atoms with van der Waals surface area (Å²) in [5.74, 6) is 0.639. The minimum Gasteiger partial charge on any atom is -0.341 e. The molecule has 26 heavy (non-hydrogen) atoms. The van der Waals surface area contributed by atoms with E-state index in [9.17, 15) is 4.79 Å². The van der Waals surface area contributed by atoms with Crippen molar-refractivity contribution in [1.29, 1.82) is 0 Å². The standard InChI is InChI=1S/C22H30N2OS/c1-16(2)14-22(25)24(15-20-21(26)10-12-23-20)13-11-18-8-5-7-17-6-3-4-9-19(17)18/h3-9,16,20-21,23,26H,10-15H2,1-2H3. The van der Waals surface area contributed by atoms with E-state index < -0.39 is 0 Å². The largest absolute Gasteiger partial charge is 0.341 e. The summed E-state index contributed by atoms with van der Waals surface area (Å²) in [6.45, 7) is 6.73. The lowest BCUT2D eigenvalue weighted by molar-refractivity contribution is -0.132. The minimum atomic E-state index is 0.259. The molecule has 0 bridgehead atoms. The Hall–Kier alpha value is -1.52. The Morgan fingerprint density at radius 2 is 2.00 bits per heavy atom. The molecule has 2 aromatic rings. The number of carbonyl (C=O) groups is 1. The molecule has 1 amide bonds. The number of benzene rings is 2.